The van der Waals surface area contributed by atoms with Crippen LogP contribution in [-0.4, -0.2) is 25.8 Å². The minimum atomic E-state index is 0.839. The minimum absolute atomic E-state index is 0.839. The molecule has 70 valence electrons. The predicted octanol–water partition coefficient (Wildman–Crippen LogP) is 1.55. The Labute approximate surface area is 74.7 Å². The molecule has 2 rings (SSSR count). The van der Waals surface area contributed by atoms with Crippen molar-refractivity contribution in [1.82, 2.24) is 5.32 Å². The van der Waals surface area contributed by atoms with E-state index in [2.05, 4.69) is 5.32 Å². The van der Waals surface area contributed by atoms with Crippen molar-refractivity contribution in [2.24, 2.45) is 5.92 Å². The molecule has 2 saturated heterocycles. The number of hydrogen-bond acceptors (Lipinski definition) is 2. The molecule has 0 aliphatic carbocycles. The average Bonchev–Trinajstić information content (AvgIpc) is 2.42. The van der Waals surface area contributed by atoms with Crippen LogP contribution in [-0.2, 0) is 4.74 Å². The molecule has 2 nitrogen and oxygen atoms in total. The highest BCUT2D eigenvalue weighted by molar-refractivity contribution is 4.91. The van der Waals surface area contributed by atoms with Crippen molar-refractivity contribution in [3.05, 3.63) is 0 Å². The van der Waals surface area contributed by atoms with Gasteiger partial charge in [-0.25, -0.2) is 0 Å². The van der Waals surface area contributed by atoms with Gasteiger partial charge in [0, 0.05) is 25.8 Å². The second-order valence-electron chi connectivity index (χ2n) is 4.26. The lowest BCUT2D eigenvalue weighted by atomic mass is 9.90. The Morgan fingerprint density at radius 1 is 1.25 bits per heavy atom. The summed E-state index contributed by atoms with van der Waals surface area (Å²) < 4.78 is 5.12. The van der Waals surface area contributed by atoms with Crippen LogP contribution < -0.4 is 5.32 Å². The molecule has 2 aliphatic heterocycles. The molecule has 2 aliphatic rings. The molecule has 2 unspecified atom stereocenters. The van der Waals surface area contributed by atoms with Gasteiger partial charge < -0.3 is 10.1 Å². The Hall–Kier alpha value is -0.0800. The fourth-order valence-corrected chi connectivity index (χ4v) is 2.70. The first kappa shape index (κ1) is 8.52. The molecular weight excluding hydrogens is 150 g/mol. The first-order valence-electron chi connectivity index (χ1n) is 5.13. The minimum Gasteiger partial charge on any atom is -0.385 e. The Balaban J connectivity index is 1.78. The molecule has 0 aromatic carbocycles. The van der Waals surface area contributed by atoms with Gasteiger partial charge in [-0.3, -0.25) is 0 Å². The summed E-state index contributed by atoms with van der Waals surface area (Å²) in [6.45, 7) is 0.949. The average molecular weight is 169 g/mol. The lowest BCUT2D eigenvalue weighted by Gasteiger charge is -2.28. The summed E-state index contributed by atoms with van der Waals surface area (Å²) in [5.74, 6) is 0.934. The number of piperidine rings is 1. The van der Waals surface area contributed by atoms with Crippen LogP contribution in [0.1, 0.15) is 32.1 Å². The van der Waals surface area contributed by atoms with E-state index in [-0.39, 0.29) is 0 Å². The van der Waals surface area contributed by atoms with Crippen molar-refractivity contribution >= 4 is 0 Å². The van der Waals surface area contributed by atoms with Crippen LogP contribution in [0.4, 0.5) is 0 Å². The monoisotopic (exact) mass is 169 g/mol. The third kappa shape index (κ3) is 1.80. The summed E-state index contributed by atoms with van der Waals surface area (Å²) in [5.41, 5.74) is 0. The maximum atomic E-state index is 5.12. The summed E-state index contributed by atoms with van der Waals surface area (Å²) in [5, 5.41) is 3.66. The van der Waals surface area contributed by atoms with Crippen LogP contribution in [0, 0.1) is 5.92 Å². The SMILES string of the molecule is COCCC1CC2CCC(C1)N2. The zero-order valence-electron chi connectivity index (χ0n) is 7.88. The maximum absolute atomic E-state index is 5.12. The fraction of sp³-hybridized carbons (Fsp3) is 1.00. The number of rotatable bonds is 3. The Morgan fingerprint density at radius 3 is 2.50 bits per heavy atom. The van der Waals surface area contributed by atoms with E-state index in [1.807, 2.05) is 0 Å². The zero-order chi connectivity index (χ0) is 8.39. The van der Waals surface area contributed by atoms with Gasteiger partial charge in [0.15, 0.2) is 0 Å². The van der Waals surface area contributed by atoms with E-state index < -0.39 is 0 Å². The van der Waals surface area contributed by atoms with Gasteiger partial charge in [-0.05, 0) is 38.0 Å². The molecular formula is C10H19NO. The quantitative estimate of drug-likeness (QED) is 0.692. The van der Waals surface area contributed by atoms with Crippen LogP contribution in [0.3, 0.4) is 0 Å². The van der Waals surface area contributed by atoms with Crippen LogP contribution in [0.15, 0.2) is 0 Å². The fourth-order valence-electron chi connectivity index (χ4n) is 2.70. The molecule has 2 heterocycles. The molecule has 2 heteroatoms. The number of fused-ring (bicyclic) bond motifs is 2. The normalized spacial score (nSPS) is 40.2. The number of methoxy groups -OCH3 is 1. The van der Waals surface area contributed by atoms with Gasteiger partial charge in [0.05, 0.1) is 0 Å². The van der Waals surface area contributed by atoms with Gasteiger partial charge in [-0.1, -0.05) is 0 Å². The van der Waals surface area contributed by atoms with Crippen molar-refractivity contribution in [3.8, 4) is 0 Å². The number of nitrogens with one attached hydrogen (secondary N) is 1. The molecule has 0 aromatic heterocycles. The van der Waals surface area contributed by atoms with Crippen molar-refractivity contribution in [1.29, 1.82) is 0 Å². The van der Waals surface area contributed by atoms with E-state index in [1.54, 1.807) is 7.11 Å². The molecule has 0 radical (unpaired) electrons. The van der Waals surface area contributed by atoms with E-state index in [0.717, 1.165) is 24.6 Å². The Morgan fingerprint density at radius 2 is 1.92 bits per heavy atom. The van der Waals surface area contributed by atoms with Gasteiger partial charge in [-0.2, -0.15) is 0 Å². The molecule has 0 spiro atoms. The lowest BCUT2D eigenvalue weighted by Crippen LogP contribution is -2.38. The van der Waals surface area contributed by atoms with E-state index in [0.29, 0.717) is 0 Å². The summed E-state index contributed by atoms with van der Waals surface area (Å²) in [6, 6.07) is 1.68. The molecule has 2 bridgehead atoms. The van der Waals surface area contributed by atoms with Gasteiger partial charge in [0.25, 0.3) is 0 Å². The van der Waals surface area contributed by atoms with E-state index in [4.69, 9.17) is 4.74 Å². The predicted molar refractivity (Wildman–Crippen MR) is 49.2 cm³/mol. The molecule has 12 heavy (non-hydrogen) atoms. The van der Waals surface area contributed by atoms with Crippen molar-refractivity contribution in [3.63, 3.8) is 0 Å². The van der Waals surface area contributed by atoms with E-state index >= 15 is 0 Å². The van der Waals surface area contributed by atoms with Crippen LogP contribution in [0.5, 0.6) is 0 Å². The summed E-state index contributed by atoms with van der Waals surface area (Å²) >= 11 is 0. The Bertz CT molecular complexity index is 137. The number of hydrogen-bond donors (Lipinski definition) is 1. The number of ether oxygens (including phenoxy) is 1. The maximum Gasteiger partial charge on any atom is 0.0464 e. The molecule has 0 amide bonds. The van der Waals surface area contributed by atoms with Crippen molar-refractivity contribution in [2.45, 2.75) is 44.2 Å². The first-order valence-corrected chi connectivity index (χ1v) is 5.13. The molecule has 0 aromatic rings. The van der Waals surface area contributed by atoms with Crippen LogP contribution >= 0.6 is 0 Å². The molecule has 2 atom stereocenters. The topological polar surface area (TPSA) is 21.3 Å². The largest absolute Gasteiger partial charge is 0.385 e. The molecule has 0 saturated carbocycles. The Kier molecular flexibility index (Phi) is 2.66. The highest BCUT2D eigenvalue weighted by Gasteiger charge is 2.32. The smallest absolute Gasteiger partial charge is 0.0464 e. The second kappa shape index (κ2) is 3.75. The van der Waals surface area contributed by atoms with Gasteiger partial charge >= 0.3 is 0 Å². The highest BCUT2D eigenvalue weighted by atomic mass is 16.5. The van der Waals surface area contributed by atoms with Crippen LogP contribution in [0.2, 0.25) is 0 Å². The highest BCUT2D eigenvalue weighted by Crippen LogP contribution is 2.32. The zero-order valence-corrected chi connectivity index (χ0v) is 7.88. The second-order valence-corrected chi connectivity index (χ2v) is 4.26. The molecule has 1 N–H and O–H groups in total. The van der Waals surface area contributed by atoms with E-state index in [1.165, 1.54) is 32.1 Å². The van der Waals surface area contributed by atoms with Crippen LogP contribution in [0.25, 0.3) is 0 Å². The summed E-state index contributed by atoms with van der Waals surface area (Å²) in [6.07, 6.45) is 6.87. The third-order valence-corrected chi connectivity index (χ3v) is 3.30. The van der Waals surface area contributed by atoms with Gasteiger partial charge in [0.2, 0.25) is 0 Å². The summed E-state index contributed by atoms with van der Waals surface area (Å²) in [7, 11) is 1.80. The van der Waals surface area contributed by atoms with Gasteiger partial charge in [0.1, 0.15) is 0 Å². The first-order chi connectivity index (χ1) is 5.88. The van der Waals surface area contributed by atoms with Crippen molar-refractivity contribution < 1.29 is 4.74 Å². The van der Waals surface area contributed by atoms with Gasteiger partial charge in [-0.15, -0.1) is 0 Å². The molecule has 2 fully saturated rings. The third-order valence-electron chi connectivity index (χ3n) is 3.30. The standard InChI is InChI=1S/C10H19NO/c1-12-5-4-8-6-9-2-3-10(7-8)11-9/h8-11H,2-7H2,1H3. The van der Waals surface area contributed by atoms with E-state index in [9.17, 15) is 0 Å². The van der Waals surface area contributed by atoms with Crippen molar-refractivity contribution in [2.75, 3.05) is 13.7 Å². The summed E-state index contributed by atoms with van der Waals surface area (Å²) in [4.78, 5) is 0. The lowest BCUT2D eigenvalue weighted by molar-refractivity contribution is 0.159.